The van der Waals surface area contributed by atoms with Crippen LogP contribution in [0.4, 0.5) is 5.69 Å². The lowest BCUT2D eigenvalue weighted by Gasteiger charge is -2.38. The Kier molecular flexibility index (Phi) is 5.88. The van der Waals surface area contributed by atoms with Crippen LogP contribution in [0.1, 0.15) is 31.3 Å². The topological polar surface area (TPSA) is 83.7 Å². The minimum absolute atomic E-state index is 0.0682. The van der Waals surface area contributed by atoms with Crippen molar-refractivity contribution < 1.29 is 19.1 Å². The Morgan fingerprint density at radius 2 is 2.00 bits per heavy atom. The van der Waals surface area contributed by atoms with Gasteiger partial charge in [0.05, 0.1) is 31.0 Å². The number of rotatable bonds is 4. The van der Waals surface area contributed by atoms with Crippen molar-refractivity contribution in [3.05, 3.63) is 28.4 Å². The number of nitrogens with zero attached hydrogens (tertiary/aromatic N) is 1. The predicted molar refractivity (Wildman–Crippen MR) is 107 cm³/mol. The summed E-state index contributed by atoms with van der Waals surface area (Å²) in [6.07, 6.45) is 0.136. The molecule has 0 saturated carbocycles. The highest BCUT2D eigenvalue weighted by Crippen LogP contribution is 2.31. The average molecular weight is 438 g/mol. The van der Waals surface area contributed by atoms with Crippen molar-refractivity contribution >= 4 is 44.4 Å². The Hall–Kier alpha value is -1.90. The molecule has 1 aromatic carbocycles. The molecular formula is C19H24BrN3O4. The van der Waals surface area contributed by atoms with E-state index in [9.17, 15) is 9.59 Å². The fourth-order valence-electron chi connectivity index (χ4n) is 3.48. The van der Waals surface area contributed by atoms with Crippen LogP contribution in [0.3, 0.4) is 0 Å². The quantitative estimate of drug-likeness (QED) is 0.717. The number of carbonyl (C=O) groups is 2. The highest BCUT2D eigenvalue weighted by molar-refractivity contribution is 9.10. The summed E-state index contributed by atoms with van der Waals surface area (Å²) >= 11 is 3.44. The van der Waals surface area contributed by atoms with Crippen molar-refractivity contribution in [3.8, 4) is 0 Å². The van der Waals surface area contributed by atoms with E-state index in [2.05, 4.69) is 31.1 Å². The van der Waals surface area contributed by atoms with Crippen LogP contribution < -0.4 is 5.32 Å². The summed E-state index contributed by atoms with van der Waals surface area (Å²) in [7, 11) is 1.31. The van der Waals surface area contributed by atoms with Gasteiger partial charge in [0.1, 0.15) is 5.69 Å². The van der Waals surface area contributed by atoms with Crippen LogP contribution in [-0.2, 0) is 14.3 Å². The van der Waals surface area contributed by atoms with Gasteiger partial charge in [-0.05, 0) is 39.0 Å². The molecule has 1 aliphatic heterocycles. The third-order valence-electron chi connectivity index (χ3n) is 4.77. The minimum atomic E-state index is -0.529. The normalized spacial score (nSPS) is 21.8. The molecule has 7 nitrogen and oxygen atoms in total. The van der Waals surface area contributed by atoms with Crippen LogP contribution >= 0.6 is 15.9 Å². The van der Waals surface area contributed by atoms with Gasteiger partial charge in [-0.1, -0.05) is 15.9 Å². The van der Waals surface area contributed by atoms with Crippen molar-refractivity contribution in [1.82, 2.24) is 9.88 Å². The van der Waals surface area contributed by atoms with Crippen molar-refractivity contribution in [2.75, 3.05) is 25.5 Å². The van der Waals surface area contributed by atoms with Gasteiger partial charge in [0.25, 0.3) is 0 Å². The van der Waals surface area contributed by atoms with E-state index in [1.807, 2.05) is 39.0 Å². The van der Waals surface area contributed by atoms with Gasteiger partial charge < -0.3 is 19.8 Å². The van der Waals surface area contributed by atoms with Gasteiger partial charge in [0.2, 0.25) is 5.91 Å². The molecule has 0 spiro atoms. The summed E-state index contributed by atoms with van der Waals surface area (Å²) in [6.45, 7) is 7.23. The van der Waals surface area contributed by atoms with E-state index in [0.717, 1.165) is 15.4 Å². The van der Waals surface area contributed by atoms with Gasteiger partial charge in [-0.3, -0.25) is 9.69 Å². The molecule has 146 valence electrons. The number of halogens is 1. The molecule has 0 radical (unpaired) electrons. The number of nitrogens with one attached hydrogen (secondary N) is 2. The van der Waals surface area contributed by atoms with Crippen LogP contribution in [0.5, 0.6) is 0 Å². The smallest absolute Gasteiger partial charge is 0.356 e. The van der Waals surface area contributed by atoms with Gasteiger partial charge in [-0.15, -0.1) is 0 Å². The second-order valence-corrected chi connectivity index (χ2v) is 7.85. The Balaban J connectivity index is 1.89. The molecule has 1 amide bonds. The highest BCUT2D eigenvalue weighted by Gasteiger charge is 2.30. The summed E-state index contributed by atoms with van der Waals surface area (Å²) in [5.74, 6) is -0.707. The summed E-state index contributed by atoms with van der Waals surface area (Å²) in [6, 6.07) is 5.21. The molecule has 0 bridgehead atoms. The first kappa shape index (κ1) is 19.9. The molecule has 2 N–H and O–H groups in total. The van der Waals surface area contributed by atoms with E-state index in [-0.39, 0.29) is 29.9 Å². The van der Waals surface area contributed by atoms with E-state index in [1.165, 1.54) is 7.11 Å². The molecule has 1 aliphatic rings. The first-order valence-electron chi connectivity index (χ1n) is 8.90. The van der Waals surface area contributed by atoms with Crippen molar-refractivity contribution in [2.45, 2.75) is 39.0 Å². The zero-order valence-electron chi connectivity index (χ0n) is 15.8. The summed E-state index contributed by atoms with van der Waals surface area (Å²) in [4.78, 5) is 30.3. The molecule has 1 aromatic heterocycles. The first-order chi connectivity index (χ1) is 12.8. The van der Waals surface area contributed by atoms with Crippen LogP contribution in [-0.4, -0.2) is 60.2 Å². The molecule has 1 fully saturated rings. The number of ether oxygens (including phenoxy) is 2. The number of carbonyl (C=O) groups excluding carboxylic acids is 2. The molecule has 8 heteroatoms. The standard InChI is InChI=1S/C19H24BrN3O4/c1-10-8-23(9-11(2)27-10)12(3)18(24)22-16-14-7-13(20)5-6-15(14)21-17(16)19(25)26-4/h5-7,10-12,21H,8-9H2,1-4H3,(H,22,24)/t10-,11-,12-/m1/s1. The second kappa shape index (κ2) is 8.00. The van der Waals surface area contributed by atoms with Crippen molar-refractivity contribution in [1.29, 1.82) is 0 Å². The van der Waals surface area contributed by atoms with Crippen LogP contribution in [0.25, 0.3) is 10.9 Å². The summed E-state index contributed by atoms with van der Waals surface area (Å²) in [5, 5.41) is 3.67. The van der Waals surface area contributed by atoms with Crippen molar-refractivity contribution in [3.63, 3.8) is 0 Å². The summed E-state index contributed by atoms with van der Waals surface area (Å²) < 4.78 is 11.5. The third-order valence-corrected chi connectivity index (χ3v) is 5.27. The number of fused-ring (bicyclic) bond motifs is 1. The minimum Gasteiger partial charge on any atom is -0.464 e. The fourth-order valence-corrected chi connectivity index (χ4v) is 3.84. The number of anilines is 1. The van der Waals surface area contributed by atoms with Gasteiger partial charge in [-0.2, -0.15) is 0 Å². The van der Waals surface area contributed by atoms with Crippen molar-refractivity contribution in [2.24, 2.45) is 0 Å². The van der Waals surface area contributed by atoms with Gasteiger partial charge in [0, 0.05) is 28.5 Å². The van der Waals surface area contributed by atoms with E-state index in [4.69, 9.17) is 9.47 Å². The molecule has 2 heterocycles. The SMILES string of the molecule is COC(=O)c1[nH]c2ccc(Br)cc2c1NC(=O)[C@@H](C)N1C[C@@H](C)O[C@H](C)C1. The fraction of sp³-hybridized carbons (Fsp3) is 0.474. The molecule has 1 saturated heterocycles. The molecule has 0 aliphatic carbocycles. The largest absolute Gasteiger partial charge is 0.464 e. The Morgan fingerprint density at radius 1 is 1.33 bits per heavy atom. The van der Waals surface area contributed by atoms with Gasteiger partial charge in [0.15, 0.2) is 0 Å². The lowest BCUT2D eigenvalue weighted by molar-refractivity contribution is -0.126. The zero-order chi connectivity index (χ0) is 19.7. The number of aromatic nitrogens is 1. The number of hydrogen-bond donors (Lipinski definition) is 2. The molecule has 0 unspecified atom stereocenters. The average Bonchev–Trinajstić information content (AvgIpc) is 2.97. The van der Waals surface area contributed by atoms with Crippen LogP contribution in [0, 0.1) is 0 Å². The lowest BCUT2D eigenvalue weighted by Crippen LogP contribution is -2.52. The first-order valence-corrected chi connectivity index (χ1v) is 9.69. The number of H-pyrrole nitrogens is 1. The van der Waals surface area contributed by atoms with Gasteiger partial charge in [-0.25, -0.2) is 4.79 Å². The number of benzene rings is 1. The van der Waals surface area contributed by atoms with E-state index >= 15 is 0 Å². The number of aromatic amines is 1. The van der Waals surface area contributed by atoms with E-state index in [0.29, 0.717) is 18.8 Å². The Labute approximate surface area is 166 Å². The molecule has 3 atom stereocenters. The molecular weight excluding hydrogens is 414 g/mol. The number of methoxy groups -OCH3 is 1. The molecule has 2 aromatic rings. The predicted octanol–water partition coefficient (Wildman–Crippen LogP) is 3.15. The maximum absolute atomic E-state index is 12.9. The number of amides is 1. The molecule has 3 rings (SSSR count). The third kappa shape index (κ3) is 4.17. The van der Waals surface area contributed by atoms with Gasteiger partial charge >= 0.3 is 5.97 Å². The Bertz CT molecular complexity index is 856. The maximum atomic E-state index is 12.9. The molecule has 27 heavy (non-hydrogen) atoms. The number of esters is 1. The monoisotopic (exact) mass is 437 g/mol. The van der Waals surface area contributed by atoms with Crippen LogP contribution in [0.2, 0.25) is 0 Å². The zero-order valence-corrected chi connectivity index (χ0v) is 17.4. The van der Waals surface area contributed by atoms with Crippen LogP contribution in [0.15, 0.2) is 22.7 Å². The number of morpholine rings is 1. The van der Waals surface area contributed by atoms with E-state index < -0.39 is 5.97 Å². The summed E-state index contributed by atoms with van der Waals surface area (Å²) in [5.41, 5.74) is 1.41. The van der Waals surface area contributed by atoms with E-state index in [1.54, 1.807) is 0 Å². The Morgan fingerprint density at radius 3 is 2.63 bits per heavy atom. The highest BCUT2D eigenvalue weighted by atomic mass is 79.9. The maximum Gasteiger partial charge on any atom is 0.356 e. The number of hydrogen-bond acceptors (Lipinski definition) is 5. The second-order valence-electron chi connectivity index (χ2n) is 6.93. The lowest BCUT2D eigenvalue weighted by atomic mass is 10.1.